The number of amides is 1. The Hall–Kier alpha value is -3.15. The number of ether oxygens (including phenoxy) is 1. The Labute approximate surface area is 152 Å². The van der Waals surface area contributed by atoms with Gasteiger partial charge in [0.2, 0.25) is 0 Å². The van der Waals surface area contributed by atoms with Crippen LogP contribution in [0.15, 0.2) is 55.1 Å². The van der Waals surface area contributed by atoms with Gasteiger partial charge in [-0.2, -0.15) is 5.10 Å². The molecular formula is C20H22N4O2. The van der Waals surface area contributed by atoms with Gasteiger partial charge in [-0.3, -0.25) is 4.79 Å². The Kier molecular flexibility index (Phi) is 5.31. The molecule has 0 unspecified atom stereocenters. The molecule has 6 heteroatoms. The van der Waals surface area contributed by atoms with Gasteiger partial charge in [0.05, 0.1) is 11.7 Å². The minimum Gasteiger partial charge on any atom is -0.484 e. The highest BCUT2D eigenvalue weighted by atomic mass is 16.5. The number of nitrogens with one attached hydrogen (secondary N) is 1. The van der Waals surface area contributed by atoms with Crippen molar-refractivity contribution >= 4 is 5.91 Å². The molecule has 26 heavy (non-hydrogen) atoms. The van der Waals surface area contributed by atoms with E-state index in [-0.39, 0.29) is 18.6 Å². The van der Waals surface area contributed by atoms with Crippen LogP contribution in [0, 0.1) is 13.8 Å². The third-order valence-electron chi connectivity index (χ3n) is 4.02. The molecule has 1 amide bonds. The van der Waals surface area contributed by atoms with Crippen molar-refractivity contribution in [2.24, 2.45) is 0 Å². The first-order valence-corrected chi connectivity index (χ1v) is 8.46. The largest absolute Gasteiger partial charge is 0.484 e. The molecule has 3 aromatic rings. The van der Waals surface area contributed by atoms with E-state index in [1.165, 1.54) is 6.33 Å². The van der Waals surface area contributed by atoms with E-state index < -0.39 is 0 Å². The van der Waals surface area contributed by atoms with E-state index in [1.54, 1.807) is 11.0 Å². The summed E-state index contributed by atoms with van der Waals surface area (Å²) in [6.07, 6.45) is 3.14. The number of carbonyl (C=O) groups is 1. The van der Waals surface area contributed by atoms with E-state index >= 15 is 0 Å². The predicted octanol–water partition coefficient (Wildman–Crippen LogP) is 3.14. The van der Waals surface area contributed by atoms with Gasteiger partial charge >= 0.3 is 0 Å². The molecule has 0 spiro atoms. The molecule has 1 aromatic heterocycles. The van der Waals surface area contributed by atoms with E-state index in [1.807, 2.05) is 57.2 Å². The molecule has 1 atom stereocenters. The number of benzene rings is 2. The number of hydrogen-bond acceptors (Lipinski definition) is 4. The molecule has 0 fully saturated rings. The molecule has 0 aliphatic heterocycles. The highest BCUT2D eigenvalue weighted by molar-refractivity contribution is 5.78. The van der Waals surface area contributed by atoms with Gasteiger partial charge in [-0.1, -0.05) is 18.2 Å². The first-order chi connectivity index (χ1) is 12.5. The second kappa shape index (κ2) is 7.82. The number of aryl methyl sites for hydroxylation is 2. The lowest BCUT2D eigenvalue weighted by Crippen LogP contribution is -2.31. The second-order valence-corrected chi connectivity index (χ2v) is 6.33. The summed E-state index contributed by atoms with van der Waals surface area (Å²) < 4.78 is 7.29. The highest BCUT2D eigenvalue weighted by Gasteiger charge is 2.11. The van der Waals surface area contributed by atoms with Gasteiger partial charge in [0.25, 0.3) is 5.91 Å². The number of carbonyl (C=O) groups excluding carboxylic acids is 1. The Bertz CT molecular complexity index is 853. The maximum atomic E-state index is 12.2. The summed E-state index contributed by atoms with van der Waals surface area (Å²) >= 11 is 0. The minimum absolute atomic E-state index is 0.00965. The van der Waals surface area contributed by atoms with Gasteiger partial charge in [0.15, 0.2) is 6.61 Å². The Morgan fingerprint density at radius 3 is 2.46 bits per heavy atom. The maximum absolute atomic E-state index is 12.2. The number of nitrogens with zero attached hydrogens (tertiary/aromatic N) is 3. The number of hydrogen-bond donors (Lipinski definition) is 1. The zero-order valence-corrected chi connectivity index (χ0v) is 15.1. The first-order valence-electron chi connectivity index (χ1n) is 8.46. The average molecular weight is 350 g/mol. The molecule has 0 bridgehead atoms. The normalized spacial score (nSPS) is 11.8. The second-order valence-electron chi connectivity index (χ2n) is 6.33. The van der Waals surface area contributed by atoms with Crippen LogP contribution in [0.3, 0.4) is 0 Å². The summed E-state index contributed by atoms with van der Waals surface area (Å²) in [4.78, 5) is 16.1. The molecule has 0 aliphatic carbocycles. The lowest BCUT2D eigenvalue weighted by atomic mass is 10.1. The summed E-state index contributed by atoms with van der Waals surface area (Å²) in [7, 11) is 0. The molecule has 3 rings (SSSR count). The van der Waals surface area contributed by atoms with Crippen LogP contribution in [-0.2, 0) is 4.79 Å². The number of rotatable bonds is 6. The lowest BCUT2D eigenvalue weighted by molar-refractivity contribution is -0.123. The zero-order valence-electron chi connectivity index (χ0n) is 15.1. The van der Waals surface area contributed by atoms with E-state index in [9.17, 15) is 4.79 Å². The van der Waals surface area contributed by atoms with Crippen molar-refractivity contribution in [3.8, 4) is 11.4 Å². The summed E-state index contributed by atoms with van der Waals surface area (Å²) in [6, 6.07) is 13.6. The van der Waals surface area contributed by atoms with E-state index in [0.717, 1.165) is 22.4 Å². The van der Waals surface area contributed by atoms with Crippen molar-refractivity contribution in [2.75, 3.05) is 6.61 Å². The van der Waals surface area contributed by atoms with E-state index in [2.05, 4.69) is 21.5 Å². The molecule has 0 aliphatic rings. The van der Waals surface area contributed by atoms with Crippen LogP contribution in [0.2, 0.25) is 0 Å². The van der Waals surface area contributed by atoms with Crippen LogP contribution in [0.1, 0.15) is 29.7 Å². The monoisotopic (exact) mass is 350 g/mol. The molecule has 0 radical (unpaired) electrons. The van der Waals surface area contributed by atoms with Crippen molar-refractivity contribution in [1.29, 1.82) is 0 Å². The van der Waals surface area contributed by atoms with Crippen LogP contribution in [0.25, 0.3) is 5.69 Å². The fraction of sp³-hybridized carbons (Fsp3) is 0.250. The molecular weight excluding hydrogens is 328 g/mol. The molecule has 134 valence electrons. The Morgan fingerprint density at radius 1 is 1.15 bits per heavy atom. The molecule has 1 N–H and O–H groups in total. The summed E-state index contributed by atoms with van der Waals surface area (Å²) in [6.45, 7) is 5.94. The molecule has 1 heterocycles. The van der Waals surface area contributed by atoms with Gasteiger partial charge in [0, 0.05) is 0 Å². The standard InChI is InChI=1S/C20H22N4O2/c1-14-8-15(2)10-19(9-14)26-11-20(25)23-16(3)17-4-6-18(7-5-17)24-13-21-12-22-24/h4-10,12-13,16H,11H2,1-3H3,(H,23,25)/t16-/m1/s1. The Balaban J connectivity index is 1.55. The third-order valence-corrected chi connectivity index (χ3v) is 4.02. The SMILES string of the molecule is Cc1cc(C)cc(OCC(=O)N[C@H](C)c2ccc(-n3cncn3)cc2)c1. The van der Waals surface area contributed by atoms with Gasteiger partial charge in [-0.25, -0.2) is 9.67 Å². The third kappa shape index (κ3) is 4.47. The van der Waals surface area contributed by atoms with Crippen LogP contribution < -0.4 is 10.1 Å². The van der Waals surface area contributed by atoms with Crippen LogP contribution in [0.5, 0.6) is 5.75 Å². The lowest BCUT2D eigenvalue weighted by Gasteiger charge is -2.15. The minimum atomic E-state index is -0.156. The summed E-state index contributed by atoms with van der Waals surface area (Å²) in [5.41, 5.74) is 4.15. The Morgan fingerprint density at radius 2 is 1.85 bits per heavy atom. The molecule has 6 nitrogen and oxygen atoms in total. The summed E-state index contributed by atoms with van der Waals surface area (Å²) in [5, 5.41) is 7.05. The first kappa shape index (κ1) is 17.7. The van der Waals surface area contributed by atoms with Crippen LogP contribution in [0.4, 0.5) is 0 Å². The van der Waals surface area contributed by atoms with Crippen LogP contribution >= 0.6 is 0 Å². The van der Waals surface area contributed by atoms with E-state index in [4.69, 9.17) is 4.74 Å². The van der Waals surface area contributed by atoms with Crippen LogP contribution in [-0.4, -0.2) is 27.3 Å². The van der Waals surface area contributed by atoms with Gasteiger partial charge in [0.1, 0.15) is 18.4 Å². The van der Waals surface area contributed by atoms with Crippen molar-refractivity contribution in [1.82, 2.24) is 20.1 Å². The molecule has 0 saturated carbocycles. The van der Waals surface area contributed by atoms with Gasteiger partial charge < -0.3 is 10.1 Å². The summed E-state index contributed by atoms with van der Waals surface area (Å²) in [5.74, 6) is 0.555. The van der Waals surface area contributed by atoms with Crippen molar-refractivity contribution in [2.45, 2.75) is 26.8 Å². The molecule has 2 aromatic carbocycles. The van der Waals surface area contributed by atoms with Gasteiger partial charge in [-0.15, -0.1) is 0 Å². The van der Waals surface area contributed by atoms with Crippen molar-refractivity contribution < 1.29 is 9.53 Å². The van der Waals surface area contributed by atoms with Crippen molar-refractivity contribution in [3.63, 3.8) is 0 Å². The zero-order chi connectivity index (χ0) is 18.5. The highest BCUT2D eigenvalue weighted by Crippen LogP contribution is 2.17. The average Bonchev–Trinajstić information content (AvgIpc) is 3.14. The van der Waals surface area contributed by atoms with E-state index in [0.29, 0.717) is 5.75 Å². The fourth-order valence-electron chi connectivity index (χ4n) is 2.79. The maximum Gasteiger partial charge on any atom is 0.258 e. The topological polar surface area (TPSA) is 69.0 Å². The predicted molar refractivity (Wildman–Crippen MR) is 99.3 cm³/mol. The fourth-order valence-corrected chi connectivity index (χ4v) is 2.79. The molecule has 0 saturated heterocycles. The van der Waals surface area contributed by atoms with Gasteiger partial charge in [-0.05, 0) is 61.7 Å². The number of aromatic nitrogens is 3. The smallest absolute Gasteiger partial charge is 0.258 e. The van der Waals surface area contributed by atoms with Crippen molar-refractivity contribution in [3.05, 3.63) is 71.8 Å². The quantitative estimate of drug-likeness (QED) is 0.741.